The standard InChI is InChI=1S/C15H23BrClNO/c1-4-9-18-15(11(2)8-10-19-3)12-6-5-7-13(16)14(12)17/h5-7,11,15,18H,4,8-10H2,1-3H3. The van der Waals surface area contributed by atoms with Gasteiger partial charge in [-0.2, -0.15) is 0 Å². The van der Waals surface area contributed by atoms with Gasteiger partial charge in [-0.1, -0.05) is 37.6 Å². The fourth-order valence-corrected chi connectivity index (χ4v) is 2.77. The van der Waals surface area contributed by atoms with Gasteiger partial charge >= 0.3 is 0 Å². The Balaban J connectivity index is 2.91. The minimum Gasteiger partial charge on any atom is -0.385 e. The van der Waals surface area contributed by atoms with Crippen molar-refractivity contribution in [3.05, 3.63) is 33.3 Å². The van der Waals surface area contributed by atoms with Gasteiger partial charge in [0.1, 0.15) is 0 Å². The molecule has 108 valence electrons. The molecule has 1 aromatic carbocycles. The zero-order valence-corrected chi connectivity index (χ0v) is 14.2. The third-order valence-electron chi connectivity index (χ3n) is 3.28. The van der Waals surface area contributed by atoms with Crippen LogP contribution >= 0.6 is 27.5 Å². The fraction of sp³-hybridized carbons (Fsp3) is 0.600. The Morgan fingerprint density at radius 1 is 1.42 bits per heavy atom. The second-order valence-corrected chi connectivity index (χ2v) is 6.07. The van der Waals surface area contributed by atoms with Gasteiger partial charge in [0.25, 0.3) is 0 Å². The van der Waals surface area contributed by atoms with Gasteiger partial charge < -0.3 is 10.1 Å². The van der Waals surface area contributed by atoms with E-state index in [1.165, 1.54) is 0 Å². The van der Waals surface area contributed by atoms with Crippen molar-refractivity contribution < 1.29 is 4.74 Å². The number of rotatable bonds is 8. The highest BCUT2D eigenvalue weighted by Gasteiger charge is 2.21. The molecule has 0 saturated carbocycles. The molecule has 0 saturated heterocycles. The lowest BCUT2D eigenvalue weighted by Crippen LogP contribution is -2.28. The SMILES string of the molecule is CCCNC(c1cccc(Br)c1Cl)C(C)CCOC. The van der Waals surface area contributed by atoms with Crippen molar-refractivity contribution in [3.63, 3.8) is 0 Å². The van der Waals surface area contributed by atoms with Gasteiger partial charge in [0.2, 0.25) is 0 Å². The van der Waals surface area contributed by atoms with Crippen LogP contribution in [-0.2, 0) is 4.74 Å². The van der Waals surface area contributed by atoms with E-state index in [-0.39, 0.29) is 6.04 Å². The first-order chi connectivity index (χ1) is 9.11. The van der Waals surface area contributed by atoms with E-state index in [0.717, 1.165) is 41.1 Å². The summed E-state index contributed by atoms with van der Waals surface area (Å²) in [6, 6.07) is 6.38. The predicted molar refractivity (Wildman–Crippen MR) is 85.8 cm³/mol. The second-order valence-electron chi connectivity index (χ2n) is 4.83. The molecule has 0 aliphatic rings. The molecule has 0 aromatic heterocycles. The molecule has 4 heteroatoms. The van der Waals surface area contributed by atoms with Crippen LogP contribution in [0.3, 0.4) is 0 Å². The lowest BCUT2D eigenvalue weighted by Gasteiger charge is -2.26. The first-order valence-corrected chi connectivity index (χ1v) is 7.95. The average Bonchev–Trinajstić information content (AvgIpc) is 2.41. The predicted octanol–water partition coefficient (Wildman–Crippen LogP) is 4.82. The van der Waals surface area contributed by atoms with Crippen molar-refractivity contribution in [1.82, 2.24) is 5.32 Å². The van der Waals surface area contributed by atoms with E-state index in [4.69, 9.17) is 16.3 Å². The van der Waals surface area contributed by atoms with Crippen molar-refractivity contribution in [2.24, 2.45) is 5.92 Å². The van der Waals surface area contributed by atoms with E-state index in [0.29, 0.717) is 5.92 Å². The Morgan fingerprint density at radius 3 is 2.79 bits per heavy atom. The zero-order chi connectivity index (χ0) is 14.3. The number of halogens is 2. The zero-order valence-electron chi connectivity index (χ0n) is 11.9. The number of hydrogen-bond acceptors (Lipinski definition) is 2. The maximum Gasteiger partial charge on any atom is 0.0595 e. The first kappa shape index (κ1) is 17.0. The topological polar surface area (TPSA) is 21.3 Å². The Morgan fingerprint density at radius 2 is 2.16 bits per heavy atom. The molecule has 0 heterocycles. The fourth-order valence-electron chi connectivity index (χ4n) is 2.15. The van der Waals surface area contributed by atoms with Crippen LogP contribution in [0.5, 0.6) is 0 Å². The van der Waals surface area contributed by atoms with Gasteiger partial charge in [0, 0.05) is 24.2 Å². The number of hydrogen-bond donors (Lipinski definition) is 1. The molecule has 0 bridgehead atoms. The van der Waals surface area contributed by atoms with E-state index in [1.54, 1.807) is 7.11 Å². The van der Waals surface area contributed by atoms with Crippen LogP contribution in [-0.4, -0.2) is 20.3 Å². The molecule has 2 atom stereocenters. The van der Waals surface area contributed by atoms with Crippen molar-refractivity contribution >= 4 is 27.5 Å². The van der Waals surface area contributed by atoms with Crippen LogP contribution in [0.4, 0.5) is 0 Å². The summed E-state index contributed by atoms with van der Waals surface area (Å²) >= 11 is 9.93. The maximum absolute atomic E-state index is 6.43. The summed E-state index contributed by atoms with van der Waals surface area (Å²) in [5, 5.41) is 4.41. The molecule has 0 spiro atoms. The molecule has 1 N–H and O–H groups in total. The first-order valence-electron chi connectivity index (χ1n) is 6.78. The quantitative estimate of drug-likeness (QED) is 0.727. The molecule has 19 heavy (non-hydrogen) atoms. The van der Waals surface area contributed by atoms with Gasteiger partial charge in [-0.25, -0.2) is 0 Å². The Labute approximate surface area is 130 Å². The van der Waals surface area contributed by atoms with Gasteiger partial charge in [0.05, 0.1) is 5.02 Å². The van der Waals surface area contributed by atoms with Gasteiger partial charge in [-0.15, -0.1) is 0 Å². The van der Waals surface area contributed by atoms with E-state index in [1.807, 2.05) is 12.1 Å². The molecular formula is C15H23BrClNO. The summed E-state index contributed by atoms with van der Waals surface area (Å²) in [4.78, 5) is 0. The van der Waals surface area contributed by atoms with E-state index in [2.05, 4.69) is 41.2 Å². The van der Waals surface area contributed by atoms with Crippen molar-refractivity contribution in [1.29, 1.82) is 0 Å². The van der Waals surface area contributed by atoms with Crippen LogP contribution in [0, 0.1) is 5.92 Å². The molecule has 2 unspecified atom stereocenters. The third-order valence-corrected chi connectivity index (χ3v) is 4.59. The molecule has 0 aliphatic carbocycles. The summed E-state index contributed by atoms with van der Waals surface area (Å²) in [6.45, 7) is 6.18. The summed E-state index contributed by atoms with van der Waals surface area (Å²) in [5.41, 5.74) is 1.16. The molecule has 0 amide bonds. The average molecular weight is 349 g/mol. The highest BCUT2D eigenvalue weighted by Crippen LogP contribution is 2.34. The van der Waals surface area contributed by atoms with Gasteiger partial charge in [-0.05, 0) is 52.9 Å². The molecule has 1 aromatic rings. The summed E-state index contributed by atoms with van der Waals surface area (Å²) < 4.78 is 6.14. The smallest absolute Gasteiger partial charge is 0.0595 e. The van der Waals surface area contributed by atoms with Crippen molar-refractivity contribution in [3.8, 4) is 0 Å². The van der Waals surface area contributed by atoms with Crippen LogP contribution < -0.4 is 5.32 Å². The number of ether oxygens (including phenoxy) is 1. The lowest BCUT2D eigenvalue weighted by atomic mass is 9.92. The minimum atomic E-state index is 0.264. The van der Waals surface area contributed by atoms with E-state index in [9.17, 15) is 0 Å². The minimum absolute atomic E-state index is 0.264. The van der Waals surface area contributed by atoms with Crippen LogP contribution in [0.15, 0.2) is 22.7 Å². The van der Waals surface area contributed by atoms with Crippen LogP contribution in [0.1, 0.15) is 38.3 Å². The van der Waals surface area contributed by atoms with Crippen LogP contribution in [0.25, 0.3) is 0 Å². The van der Waals surface area contributed by atoms with E-state index < -0.39 is 0 Å². The molecule has 0 fully saturated rings. The normalized spacial score (nSPS) is 14.4. The summed E-state index contributed by atoms with van der Waals surface area (Å²) in [5.74, 6) is 0.471. The van der Waals surface area contributed by atoms with Crippen LogP contribution in [0.2, 0.25) is 5.02 Å². The van der Waals surface area contributed by atoms with Gasteiger partial charge in [-0.3, -0.25) is 0 Å². The monoisotopic (exact) mass is 347 g/mol. The number of benzene rings is 1. The summed E-state index contributed by atoms with van der Waals surface area (Å²) in [7, 11) is 1.74. The Bertz CT molecular complexity index is 386. The van der Waals surface area contributed by atoms with Gasteiger partial charge in [0.15, 0.2) is 0 Å². The number of nitrogens with one attached hydrogen (secondary N) is 1. The number of methoxy groups -OCH3 is 1. The molecule has 1 rings (SSSR count). The molecule has 0 aliphatic heterocycles. The largest absolute Gasteiger partial charge is 0.385 e. The molecule has 2 nitrogen and oxygen atoms in total. The van der Waals surface area contributed by atoms with E-state index >= 15 is 0 Å². The Hall–Kier alpha value is -0.0900. The highest BCUT2D eigenvalue weighted by atomic mass is 79.9. The molecular weight excluding hydrogens is 326 g/mol. The Kier molecular flexibility index (Phi) is 8.00. The molecule has 0 radical (unpaired) electrons. The second kappa shape index (κ2) is 8.96. The lowest BCUT2D eigenvalue weighted by molar-refractivity contribution is 0.170. The third kappa shape index (κ3) is 5.07. The maximum atomic E-state index is 6.43. The summed E-state index contributed by atoms with van der Waals surface area (Å²) in [6.07, 6.45) is 2.12. The highest BCUT2D eigenvalue weighted by molar-refractivity contribution is 9.10. The van der Waals surface area contributed by atoms with Crippen molar-refractivity contribution in [2.75, 3.05) is 20.3 Å². The van der Waals surface area contributed by atoms with Crippen molar-refractivity contribution in [2.45, 2.75) is 32.7 Å².